The lowest BCUT2D eigenvalue weighted by Gasteiger charge is -2.48. The number of ether oxygens (including phenoxy) is 13. The fourth-order valence-corrected chi connectivity index (χ4v) is 9.87. The standard InChI is InChI=1S/C51H89N15O14/c1-8-15-22-68-32-37-44(79-49-38(60-65-55)45(72-26-19-12-5)42(70-24-17-10-3)35(75-49)30-57-62-52)48(74-28-21-14-7)51(77-37)80-47-40(69-23-16-9-2)33(58-63-53)29-34(59-64-54)41(47)78-50-39(61-66-56)46(73-27-20-13-6)43(36(31-67)76-50)71-25-18-11-4/h31,33-51H,8-30,32H2,1-7H3/t33-,34?,35+,36?,37-,38?,39?,40?,41-,42-,43-,44+,45?,46-,47-,48?,49-,50-,51+/m1/s1. The van der Waals surface area contributed by atoms with E-state index >= 15 is 0 Å². The molecule has 1 saturated carbocycles. The van der Waals surface area contributed by atoms with Crippen LogP contribution in [0.4, 0.5) is 0 Å². The number of unbranched alkanes of at least 4 members (excludes halogenated alkanes) is 7. The summed E-state index contributed by atoms with van der Waals surface area (Å²) in [5, 5.41) is 20.5. The summed E-state index contributed by atoms with van der Waals surface area (Å²) in [5.41, 5.74) is 49.9. The summed E-state index contributed by atoms with van der Waals surface area (Å²) in [6.45, 7) is 15.7. The highest BCUT2D eigenvalue weighted by Gasteiger charge is 2.57. The van der Waals surface area contributed by atoms with Gasteiger partial charge >= 0.3 is 0 Å². The normalized spacial score (nSPS) is 33.1. The Morgan fingerprint density at radius 2 is 0.838 bits per heavy atom. The molecule has 29 nitrogen and oxygen atoms in total. The van der Waals surface area contributed by atoms with Crippen LogP contribution in [-0.4, -0.2) is 182 Å². The van der Waals surface area contributed by atoms with Crippen LogP contribution in [0.1, 0.15) is 145 Å². The molecular weight excluding hydrogens is 1050 g/mol. The Bertz CT molecular complexity index is 2000. The van der Waals surface area contributed by atoms with Crippen LogP contribution >= 0.6 is 0 Å². The minimum Gasteiger partial charge on any atom is -0.379 e. The number of aldehydes is 1. The van der Waals surface area contributed by atoms with E-state index in [1.807, 2.05) is 48.5 Å². The molecule has 4 rings (SSSR count). The Labute approximate surface area is 469 Å². The predicted molar refractivity (Wildman–Crippen MR) is 291 cm³/mol. The first-order chi connectivity index (χ1) is 39.2. The molecule has 0 aromatic carbocycles. The Kier molecular flexibility index (Phi) is 34.1. The minimum absolute atomic E-state index is 0.0418. The van der Waals surface area contributed by atoms with Crippen LogP contribution in [-0.2, 0) is 66.4 Å². The maximum Gasteiger partial charge on any atom is 0.187 e. The van der Waals surface area contributed by atoms with Crippen LogP contribution in [0.15, 0.2) is 25.6 Å². The van der Waals surface area contributed by atoms with Gasteiger partial charge in [-0.25, -0.2) is 0 Å². The molecule has 3 heterocycles. The summed E-state index contributed by atoms with van der Waals surface area (Å²) in [6.07, 6.45) is -6.56. The van der Waals surface area contributed by atoms with E-state index in [0.717, 1.165) is 51.4 Å². The van der Waals surface area contributed by atoms with Crippen molar-refractivity contribution in [2.24, 2.45) is 25.6 Å². The second-order valence-corrected chi connectivity index (χ2v) is 20.1. The van der Waals surface area contributed by atoms with Gasteiger partial charge in [-0.2, -0.15) is 0 Å². The van der Waals surface area contributed by atoms with Gasteiger partial charge in [-0.1, -0.05) is 119 Å². The number of azide groups is 5. The molecule has 0 radical (unpaired) electrons. The number of carbonyl (C=O) groups is 1. The first kappa shape index (κ1) is 68.2. The molecule has 1 aliphatic carbocycles. The third-order valence-corrected chi connectivity index (χ3v) is 14.2. The molecule has 19 atom stereocenters. The van der Waals surface area contributed by atoms with E-state index in [-0.39, 0.29) is 52.6 Å². The number of hydrogen-bond donors (Lipinski definition) is 0. The summed E-state index contributed by atoms with van der Waals surface area (Å²) in [5.74, 6) is 0. The monoisotopic (exact) mass is 1140 g/mol. The largest absolute Gasteiger partial charge is 0.379 e. The average molecular weight is 1140 g/mol. The lowest BCUT2D eigenvalue weighted by atomic mass is 9.83. The van der Waals surface area contributed by atoms with Crippen LogP contribution in [0, 0.1) is 0 Å². The van der Waals surface area contributed by atoms with Crippen LogP contribution in [0.2, 0.25) is 0 Å². The third-order valence-electron chi connectivity index (χ3n) is 14.2. The molecule has 4 aliphatic rings. The third kappa shape index (κ3) is 20.5. The Hall–Kier alpha value is -4.30. The fourth-order valence-electron chi connectivity index (χ4n) is 9.87. The van der Waals surface area contributed by atoms with Crippen LogP contribution in [0.3, 0.4) is 0 Å². The van der Waals surface area contributed by atoms with Crippen molar-refractivity contribution in [1.29, 1.82) is 0 Å². The average Bonchev–Trinajstić information content (AvgIpc) is 3.86. The summed E-state index contributed by atoms with van der Waals surface area (Å²) in [7, 11) is 0. The number of hydrogen-bond acceptors (Lipinski definition) is 19. The molecule has 29 heteroatoms. The smallest absolute Gasteiger partial charge is 0.187 e. The maximum absolute atomic E-state index is 13.0. The Morgan fingerprint density at radius 3 is 1.34 bits per heavy atom. The van der Waals surface area contributed by atoms with Crippen molar-refractivity contribution in [3.05, 3.63) is 52.2 Å². The van der Waals surface area contributed by atoms with Gasteiger partial charge in [0.1, 0.15) is 60.9 Å². The van der Waals surface area contributed by atoms with Gasteiger partial charge in [0.05, 0.1) is 49.7 Å². The van der Waals surface area contributed by atoms with Crippen molar-refractivity contribution in [3.63, 3.8) is 0 Å². The number of carbonyl (C=O) groups excluding carboxylic acids is 1. The van der Waals surface area contributed by atoms with Crippen molar-refractivity contribution in [1.82, 2.24) is 0 Å². The van der Waals surface area contributed by atoms with Gasteiger partial charge < -0.3 is 66.4 Å². The molecule has 3 saturated heterocycles. The van der Waals surface area contributed by atoms with Gasteiger partial charge in [0.25, 0.3) is 0 Å². The second-order valence-electron chi connectivity index (χ2n) is 20.1. The highest BCUT2D eigenvalue weighted by Crippen LogP contribution is 2.41. The predicted octanol–water partition coefficient (Wildman–Crippen LogP) is 10.9. The lowest BCUT2D eigenvalue weighted by molar-refractivity contribution is -0.312. The van der Waals surface area contributed by atoms with Crippen LogP contribution in [0.25, 0.3) is 52.2 Å². The first-order valence-corrected chi connectivity index (χ1v) is 29.1. The van der Waals surface area contributed by atoms with Crippen LogP contribution in [0.5, 0.6) is 0 Å². The molecule has 0 spiro atoms. The van der Waals surface area contributed by atoms with Gasteiger partial charge in [-0.15, -0.1) is 0 Å². The van der Waals surface area contributed by atoms with E-state index in [2.05, 4.69) is 50.1 Å². The molecular formula is C51H89N15O14. The van der Waals surface area contributed by atoms with Crippen molar-refractivity contribution in [2.75, 3.05) is 59.4 Å². The zero-order valence-electron chi connectivity index (χ0n) is 47.9. The first-order valence-electron chi connectivity index (χ1n) is 29.1. The van der Waals surface area contributed by atoms with E-state index in [9.17, 15) is 32.5 Å². The molecule has 0 amide bonds. The Balaban J connectivity index is 1.93. The molecule has 80 heavy (non-hydrogen) atoms. The van der Waals surface area contributed by atoms with E-state index < -0.39 is 116 Å². The molecule has 7 unspecified atom stereocenters. The Morgan fingerprint density at radius 1 is 0.425 bits per heavy atom. The zero-order chi connectivity index (χ0) is 57.9. The highest BCUT2D eigenvalue weighted by atomic mass is 16.8. The van der Waals surface area contributed by atoms with Crippen molar-refractivity contribution < 1.29 is 66.4 Å². The molecule has 4 fully saturated rings. The molecule has 452 valence electrons. The lowest BCUT2D eigenvalue weighted by Crippen LogP contribution is -2.64. The fraction of sp³-hybridized carbons (Fsp3) is 0.980. The van der Waals surface area contributed by atoms with Gasteiger partial charge in [0, 0.05) is 70.8 Å². The summed E-state index contributed by atoms with van der Waals surface area (Å²) >= 11 is 0. The van der Waals surface area contributed by atoms with E-state index in [0.29, 0.717) is 58.0 Å². The molecule has 0 aromatic heterocycles. The summed E-state index contributed by atoms with van der Waals surface area (Å²) in [4.78, 5) is 28.7. The quantitative estimate of drug-likeness (QED) is 0.0180. The van der Waals surface area contributed by atoms with E-state index in [1.54, 1.807) is 0 Å². The zero-order valence-corrected chi connectivity index (χ0v) is 47.9. The topological polar surface area (TPSA) is 381 Å². The second kappa shape index (κ2) is 40.0. The van der Waals surface area contributed by atoms with Crippen molar-refractivity contribution >= 4 is 6.29 Å². The van der Waals surface area contributed by atoms with Crippen LogP contribution < -0.4 is 0 Å². The highest BCUT2D eigenvalue weighted by molar-refractivity contribution is 5.58. The summed E-state index contributed by atoms with van der Waals surface area (Å²) in [6, 6.07) is -4.58. The summed E-state index contributed by atoms with van der Waals surface area (Å²) < 4.78 is 86.1. The van der Waals surface area contributed by atoms with Crippen molar-refractivity contribution in [3.8, 4) is 0 Å². The number of nitrogens with zero attached hydrogens (tertiary/aromatic N) is 15. The minimum atomic E-state index is -1.53. The van der Waals surface area contributed by atoms with E-state index in [1.165, 1.54) is 0 Å². The molecule has 0 bridgehead atoms. The number of rotatable bonds is 42. The van der Waals surface area contributed by atoms with Gasteiger partial charge in [-0.3, -0.25) is 0 Å². The molecule has 0 aromatic rings. The SMILES string of the molecule is CCCCOC[C@H]1O[C@@H](O[C@@H]2C(OCCCC)[C@H](N=[N+]=[N-])CC(N=[N+]=[N-])[C@H]2O[C@H]2OC(C=O)[C@@H](OCCCC)[C@H](OCCCC)C2N=[N+]=[N-])C(OCCCC)[C@H]1O[C@H]1O[C@@H](CN=[N+]=[N-])[C@@H](OCCCC)C(OCCCC)C1N=[N+]=[N-]. The van der Waals surface area contributed by atoms with Crippen molar-refractivity contribution in [2.45, 2.75) is 261 Å². The molecule has 3 aliphatic heterocycles. The van der Waals surface area contributed by atoms with E-state index in [4.69, 9.17) is 61.6 Å². The van der Waals surface area contributed by atoms with Gasteiger partial charge in [0.15, 0.2) is 25.2 Å². The van der Waals surface area contributed by atoms with Gasteiger partial charge in [-0.05, 0) is 79.0 Å². The van der Waals surface area contributed by atoms with Gasteiger partial charge in [0.2, 0.25) is 0 Å². The molecule has 0 N–H and O–H groups in total. The maximum atomic E-state index is 13.0.